The number of phenolic OH excluding ortho intramolecular Hbond substituents is 2. The maximum absolute atomic E-state index is 13.0. The second kappa shape index (κ2) is 29.9. The Morgan fingerprint density at radius 2 is 1.26 bits per heavy atom. The van der Waals surface area contributed by atoms with E-state index in [-0.39, 0.29) is 79.0 Å². The number of carbonyl (C=O) groups excluding carboxylic acids is 5. The number of nitrogens with zero attached hydrogens (tertiary/aromatic N) is 1. The summed E-state index contributed by atoms with van der Waals surface area (Å²) >= 11 is 10.3. The summed E-state index contributed by atoms with van der Waals surface area (Å²) in [6, 6.07) is 28.3. The molecule has 320 valence electrons. The number of benzene rings is 4. The van der Waals surface area contributed by atoms with Gasteiger partial charge in [0, 0.05) is 24.0 Å². The minimum Gasteiger partial charge on any atom is -0.508 e. The molecule has 5 rings (SSSR count). The second-order valence-corrected chi connectivity index (χ2v) is 12.6. The Morgan fingerprint density at radius 1 is 0.741 bits per heavy atom. The van der Waals surface area contributed by atoms with Gasteiger partial charge >= 0.3 is 5.97 Å². The summed E-state index contributed by atoms with van der Waals surface area (Å²) in [5.41, 5.74) is 2.67. The SMILES string of the molecule is C.C.C.C.C.C.CCC(c1ccc(O)cc1)C1C(=O)N(c2ccc(O)cc2)C(=O)C1C.CCCCC(=O)Cl.O=C(/C=C/c1ccccc1)Oc1ccc(C(=O)Cl)cc1. The van der Waals surface area contributed by atoms with Crippen molar-refractivity contribution in [1.29, 1.82) is 0 Å². The molecule has 1 aliphatic heterocycles. The zero-order valence-corrected chi connectivity index (χ0v) is 30.6. The maximum atomic E-state index is 13.0. The zero-order chi connectivity index (χ0) is 38.2. The van der Waals surface area contributed by atoms with Gasteiger partial charge in [-0.05, 0) is 120 Å². The largest absolute Gasteiger partial charge is 0.508 e. The number of carbonyl (C=O) groups is 5. The normalized spacial score (nSPS) is 14.0. The van der Waals surface area contributed by atoms with Gasteiger partial charge in [0.2, 0.25) is 17.1 Å². The van der Waals surface area contributed by atoms with E-state index in [0.717, 1.165) is 24.0 Å². The molecule has 0 spiro atoms. The third-order valence-electron chi connectivity index (χ3n) is 8.19. The highest BCUT2D eigenvalue weighted by Crippen LogP contribution is 2.41. The van der Waals surface area contributed by atoms with Gasteiger partial charge in [0.1, 0.15) is 17.2 Å². The van der Waals surface area contributed by atoms with Crippen molar-refractivity contribution in [1.82, 2.24) is 0 Å². The van der Waals surface area contributed by atoms with Crippen LogP contribution in [0.25, 0.3) is 6.08 Å². The van der Waals surface area contributed by atoms with Crippen LogP contribution in [0.1, 0.15) is 118 Å². The lowest BCUT2D eigenvalue weighted by Gasteiger charge is -2.23. The molecule has 3 unspecified atom stereocenters. The van der Waals surface area contributed by atoms with Crippen molar-refractivity contribution >= 4 is 63.2 Å². The van der Waals surface area contributed by atoms with Crippen molar-refractivity contribution in [2.24, 2.45) is 11.8 Å². The van der Waals surface area contributed by atoms with E-state index >= 15 is 0 Å². The molecule has 4 aromatic rings. The Morgan fingerprint density at radius 3 is 1.71 bits per heavy atom. The molecule has 58 heavy (non-hydrogen) atoms. The van der Waals surface area contributed by atoms with Crippen molar-refractivity contribution in [3.63, 3.8) is 0 Å². The summed E-state index contributed by atoms with van der Waals surface area (Å²) in [7, 11) is 0. The average Bonchev–Trinajstić information content (AvgIpc) is 3.35. The monoisotopic (exact) mass is 841 g/mol. The van der Waals surface area contributed by atoms with Crippen molar-refractivity contribution in [2.75, 3.05) is 4.90 Å². The van der Waals surface area contributed by atoms with E-state index < -0.39 is 23.0 Å². The fraction of sp³-hybridized carbons (Fsp3) is 0.340. The lowest BCUT2D eigenvalue weighted by Crippen LogP contribution is -2.31. The van der Waals surface area contributed by atoms with Gasteiger partial charge in [-0.1, -0.05) is 114 Å². The Labute approximate surface area is 357 Å². The van der Waals surface area contributed by atoms with E-state index in [9.17, 15) is 34.2 Å². The second-order valence-electron chi connectivity index (χ2n) is 11.9. The summed E-state index contributed by atoms with van der Waals surface area (Å²) in [6.45, 7) is 5.80. The Balaban J connectivity index is -0.000000402. The number of aromatic hydroxyl groups is 2. The number of hydrogen-bond donors (Lipinski definition) is 2. The zero-order valence-electron chi connectivity index (χ0n) is 29.1. The topological polar surface area (TPSA) is 138 Å². The van der Waals surface area contributed by atoms with Crippen molar-refractivity contribution in [3.8, 4) is 17.2 Å². The summed E-state index contributed by atoms with van der Waals surface area (Å²) in [6.07, 6.45) is 6.20. The van der Waals surface area contributed by atoms with E-state index in [2.05, 4.69) is 0 Å². The van der Waals surface area contributed by atoms with Gasteiger partial charge in [0.05, 0.1) is 11.6 Å². The molecule has 0 bridgehead atoms. The summed E-state index contributed by atoms with van der Waals surface area (Å²) in [5.74, 6) is -1.30. The van der Waals surface area contributed by atoms with E-state index in [0.29, 0.717) is 29.8 Å². The van der Waals surface area contributed by atoms with Crippen LogP contribution in [-0.2, 0) is 19.2 Å². The Hall–Kier alpha value is -5.25. The molecule has 1 fully saturated rings. The molecular formula is C47H65Cl2NO8. The molecule has 1 aliphatic rings. The summed E-state index contributed by atoms with van der Waals surface area (Å²) < 4.78 is 5.09. The number of hydrogen-bond acceptors (Lipinski definition) is 8. The van der Waals surface area contributed by atoms with E-state index in [1.807, 2.05) is 44.2 Å². The van der Waals surface area contributed by atoms with Crippen molar-refractivity contribution < 1.29 is 38.9 Å². The highest BCUT2D eigenvalue weighted by atomic mass is 35.5. The van der Waals surface area contributed by atoms with E-state index in [1.54, 1.807) is 49.4 Å². The van der Waals surface area contributed by atoms with Crippen LogP contribution in [0, 0.1) is 11.8 Å². The van der Waals surface area contributed by atoms with Gasteiger partial charge in [0.25, 0.3) is 5.24 Å². The number of rotatable bonds is 11. The van der Waals surface area contributed by atoms with Crippen LogP contribution >= 0.6 is 23.2 Å². The first kappa shape index (κ1) is 59.4. The number of ether oxygens (including phenoxy) is 1. The molecule has 0 saturated carbocycles. The average molecular weight is 843 g/mol. The van der Waals surface area contributed by atoms with Gasteiger partial charge in [-0.25, -0.2) is 4.79 Å². The number of amides is 2. The third kappa shape index (κ3) is 17.9. The molecule has 2 amide bonds. The number of esters is 1. The first-order valence-corrected chi connectivity index (χ1v) is 17.5. The molecule has 0 aliphatic carbocycles. The van der Waals surface area contributed by atoms with Crippen molar-refractivity contribution in [3.05, 3.63) is 126 Å². The molecule has 1 saturated heterocycles. The van der Waals surface area contributed by atoms with Crippen LogP contribution in [0.3, 0.4) is 0 Å². The highest BCUT2D eigenvalue weighted by Gasteiger charge is 2.49. The predicted molar refractivity (Wildman–Crippen MR) is 243 cm³/mol. The number of halogens is 2. The summed E-state index contributed by atoms with van der Waals surface area (Å²) in [5, 5.41) is 18.1. The van der Waals surface area contributed by atoms with Crippen LogP contribution in [0.2, 0.25) is 0 Å². The smallest absolute Gasteiger partial charge is 0.336 e. The predicted octanol–water partition coefficient (Wildman–Crippen LogP) is 12.9. The van der Waals surface area contributed by atoms with E-state index in [4.69, 9.17) is 27.9 Å². The minimum absolute atomic E-state index is 0. The molecule has 3 atom stereocenters. The number of anilines is 1. The van der Waals surface area contributed by atoms with Gasteiger partial charge in [-0.15, -0.1) is 0 Å². The molecule has 11 heteroatoms. The fourth-order valence-corrected chi connectivity index (χ4v) is 5.73. The number of phenols is 2. The summed E-state index contributed by atoms with van der Waals surface area (Å²) in [4.78, 5) is 59.4. The van der Waals surface area contributed by atoms with Gasteiger partial charge < -0.3 is 14.9 Å². The number of unbranched alkanes of at least 4 members (excludes halogenated alkanes) is 1. The minimum atomic E-state index is -0.549. The third-order valence-corrected chi connectivity index (χ3v) is 8.60. The van der Waals surface area contributed by atoms with Crippen LogP contribution in [0.15, 0.2) is 109 Å². The highest BCUT2D eigenvalue weighted by molar-refractivity contribution is 6.67. The first-order valence-electron chi connectivity index (χ1n) is 16.7. The lowest BCUT2D eigenvalue weighted by molar-refractivity contribution is -0.129. The molecule has 9 nitrogen and oxygen atoms in total. The maximum Gasteiger partial charge on any atom is 0.336 e. The molecule has 0 aromatic heterocycles. The van der Waals surface area contributed by atoms with Crippen LogP contribution in [0.5, 0.6) is 17.2 Å². The first-order chi connectivity index (χ1) is 24.9. The number of imide groups is 1. The standard InChI is InChI=1S/C20H21NO4.C16H11ClO3.C5H9ClO.6CH4/c1-3-17(13-4-8-15(22)9-5-13)18-12(2)19(24)21(20(18)25)14-6-10-16(23)11-7-14;17-16(19)13-7-9-14(10-8-13)20-15(18)11-6-12-4-2-1-3-5-12;1-2-3-4-5(6)7;;;;;;/h4-12,17-18,22-23H,3H2,1-2H3;1-11H;2-4H2,1H3;6*1H4/b;11-6+;;;;;;;. The fourth-order valence-electron chi connectivity index (χ4n) is 5.47. The van der Waals surface area contributed by atoms with Gasteiger partial charge in [0.15, 0.2) is 0 Å². The van der Waals surface area contributed by atoms with Crippen LogP contribution < -0.4 is 9.64 Å². The van der Waals surface area contributed by atoms with Crippen molar-refractivity contribution in [2.45, 2.75) is 96.9 Å². The quantitative estimate of drug-likeness (QED) is 0.0500. The molecule has 1 heterocycles. The van der Waals surface area contributed by atoms with E-state index in [1.165, 1.54) is 47.4 Å². The van der Waals surface area contributed by atoms with Gasteiger partial charge in [-0.3, -0.25) is 24.1 Å². The van der Waals surface area contributed by atoms with Crippen LogP contribution in [-0.4, -0.2) is 38.5 Å². The molecular weight excluding hydrogens is 777 g/mol. The Kier molecular flexibility index (Phi) is 30.7. The molecule has 0 radical (unpaired) electrons. The Bertz CT molecular complexity index is 1830. The van der Waals surface area contributed by atoms with Crippen LogP contribution in [0.4, 0.5) is 5.69 Å². The lowest BCUT2D eigenvalue weighted by atomic mass is 9.78. The van der Waals surface area contributed by atoms with Gasteiger partial charge in [-0.2, -0.15) is 0 Å². The molecule has 4 aromatic carbocycles. The molecule has 2 N–H and O–H groups in total.